The molecule has 2 aromatic rings. The Hall–Kier alpha value is -2.34. The van der Waals surface area contributed by atoms with Crippen LogP contribution in [0.2, 0.25) is 0 Å². The Balaban J connectivity index is 2.02. The summed E-state index contributed by atoms with van der Waals surface area (Å²) in [7, 11) is 0. The smallest absolute Gasteiger partial charge is 0.269 e. The van der Waals surface area contributed by atoms with Gasteiger partial charge in [-0.25, -0.2) is 8.78 Å². The molecule has 1 N–H and O–H groups in total. The van der Waals surface area contributed by atoms with Crippen molar-refractivity contribution in [3.63, 3.8) is 0 Å². The largest absolute Gasteiger partial charge is 0.306 e. The predicted octanol–water partition coefficient (Wildman–Crippen LogP) is 3.72. The molecule has 0 aliphatic rings. The van der Waals surface area contributed by atoms with Crippen LogP contribution < -0.4 is 5.32 Å². The number of nitrogens with one attached hydrogen (secondary N) is 1. The number of rotatable bonds is 5. The lowest BCUT2D eigenvalue weighted by molar-refractivity contribution is -0.384. The van der Waals surface area contributed by atoms with Crippen LogP contribution in [-0.4, -0.2) is 4.92 Å². The van der Waals surface area contributed by atoms with Gasteiger partial charge >= 0.3 is 0 Å². The molecule has 0 aliphatic carbocycles. The van der Waals surface area contributed by atoms with Gasteiger partial charge in [-0.1, -0.05) is 24.3 Å². The van der Waals surface area contributed by atoms with E-state index in [1.807, 2.05) is 0 Å². The number of nitro benzene ring substituents is 1. The van der Waals surface area contributed by atoms with Crippen LogP contribution in [0.25, 0.3) is 0 Å². The van der Waals surface area contributed by atoms with Gasteiger partial charge in [-0.3, -0.25) is 10.1 Å². The van der Waals surface area contributed by atoms with Crippen LogP contribution in [0.5, 0.6) is 0 Å². The summed E-state index contributed by atoms with van der Waals surface area (Å²) in [6.07, 6.45) is 0. The Bertz CT molecular complexity index is 645. The van der Waals surface area contributed by atoms with Gasteiger partial charge in [0.2, 0.25) is 0 Å². The Morgan fingerprint density at radius 2 is 1.86 bits per heavy atom. The molecule has 0 amide bonds. The normalized spacial score (nSPS) is 12.1. The molecule has 1 unspecified atom stereocenters. The third-order valence-electron chi connectivity index (χ3n) is 3.21. The highest BCUT2D eigenvalue weighted by atomic mass is 19.2. The van der Waals surface area contributed by atoms with Gasteiger partial charge < -0.3 is 5.32 Å². The summed E-state index contributed by atoms with van der Waals surface area (Å²) < 4.78 is 26.8. The van der Waals surface area contributed by atoms with Gasteiger partial charge in [0.25, 0.3) is 5.69 Å². The lowest BCUT2D eigenvalue weighted by Crippen LogP contribution is -2.19. The van der Waals surface area contributed by atoms with Gasteiger partial charge in [0, 0.05) is 30.3 Å². The number of halogens is 2. The van der Waals surface area contributed by atoms with Crippen LogP contribution in [0.1, 0.15) is 24.1 Å². The van der Waals surface area contributed by atoms with Crippen molar-refractivity contribution in [3.05, 3.63) is 75.3 Å². The fourth-order valence-corrected chi connectivity index (χ4v) is 1.97. The summed E-state index contributed by atoms with van der Waals surface area (Å²) >= 11 is 0. The average molecular weight is 292 g/mol. The molecule has 1 atom stereocenters. The van der Waals surface area contributed by atoms with Crippen molar-refractivity contribution in [2.45, 2.75) is 19.5 Å². The van der Waals surface area contributed by atoms with E-state index in [0.29, 0.717) is 6.54 Å². The van der Waals surface area contributed by atoms with Crippen molar-refractivity contribution in [2.24, 2.45) is 0 Å². The Kier molecular flexibility index (Phi) is 4.59. The number of nitrogens with zero attached hydrogens (tertiary/aromatic N) is 1. The minimum Gasteiger partial charge on any atom is -0.306 e. The second kappa shape index (κ2) is 6.41. The fraction of sp³-hybridized carbons (Fsp3) is 0.200. The first kappa shape index (κ1) is 15.1. The molecule has 0 aromatic heterocycles. The lowest BCUT2D eigenvalue weighted by Gasteiger charge is -2.15. The Morgan fingerprint density at radius 3 is 2.48 bits per heavy atom. The van der Waals surface area contributed by atoms with E-state index >= 15 is 0 Å². The highest BCUT2D eigenvalue weighted by Gasteiger charge is 2.13. The summed E-state index contributed by atoms with van der Waals surface area (Å²) in [6.45, 7) is 2.12. The minimum atomic E-state index is -0.878. The summed E-state index contributed by atoms with van der Waals surface area (Å²) in [5.41, 5.74) is 1.09. The first-order chi connectivity index (χ1) is 9.99. The van der Waals surface area contributed by atoms with Gasteiger partial charge in [0.15, 0.2) is 11.6 Å². The zero-order chi connectivity index (χ0) is 15.4. The SMILES string of the molecule is CC(NCc1ccc([N+](=O)[O-])cc1)c1cccc(F)c1F. The van der Waals surface area contributed by atoms with Crippen molar-refractivity contribution in [3.8, 4) is 0 Å². The van der Waals surface area contributed by atoms with E-state index in [-0.39, 0.29) is 17.3 Å². The number of nitro groups is 1. The van der Waals surface area contributed by atoms with Crippen LogP contribution in [0.4, 0.5) is 14.5 Å². The Labute approximate surface area is 120 Å². The van der Waals surface area contributed by atoms with E-state index in [1.54, 1.807) is 19.1 Å². The van der Waals surface area contributed by atoms with Crippen molar-refractivity contribution >= 4 is 5.69 Å². The maximum Gasteiger partial charge on any atom is 0.269 e. The van der Waals surface area contributed by atoms with E-state index in [1.165, 1.54) is 24.3 Å². The van der Waals surface area contributed by atoms with Crippen molar-refractivity contribution < 1.29 is 13.7 Å². The van der Waals surface area contributed by atoms with E-state index < -0.39 is 16.6 Å². The minimum absolute atomic E-state index is 0.0166. The molecule has 4 nitrogen and oxygen atoms in total. The second-order valence-electron chi connectivity index (χ2n) is 4.67. The van der Waals surface area contributed by atoms with Gasteiger partial charge in [0.1, 0.15) is 0 Å². The van der Waals surface area contributed by atoms with Crippen LogP contribution >= 0.6 is 0 Å². The number of hydrogen-bond donors (Lipinski definition) is 1. The molecule has 0 saturated heterocycles. The van der Waals surface area contributed by atoms with Gasteiger partial charge in [-0.15, -0.1) is 0 Å². The third-order valence-corrected chi connectivity index (χ3v) is 3.21. The molecule has 0 bridgehead atoms. The van der Waals surface area contributed by atoms with Gasteiger partial charge in [-0.2, -0.15) is 0 Å². The molecule has 0 saturated carbocycles. The van der Waals surface area contributed by atoms with Crippen LogP contribution in [0.3, 0.4) is 0 Å². The summed E-state index contributed by atoms with van der Waals surface area (Å²) in [6, 6.07) is 9.73. The van der Waals surface area contributed by atoms with Crippen LogP contribution in [0.15, 0.2) is 42.5 Å². The molecular weight excluding hydrogens is 278 g/mol. The van der Waals surface area contributed by atoms with Crippen molar-refractivity contribution in [1.82, 2.24) is 5.32 Å². The number of non-ortho nitro benzene ring substituents is 1. The number of hydrogen-bond acceptors (Lipinski definition) is 3. The van der Waals surface area contributed by atoms with Gasteiger partial charge in [0.05, 0.1) is 4.92 Å². The molecule has 0 fully saturated rings. The fourth-order valence-electron chi connectivity index (χ4n) is 1.97. The molecule has 6 heteroatoms. The first-order valence-electron chi connectivity index (χ1n) is 6.39. The van der Waals surface area contributed by atoms with Gasteiger partial charge in [-0.05, 0) is 18.6 Å². The quantitative estimate of drug-likeness (QED) is 0.675. The lowest BCUT2D eigenvalue weighted by atomic mass is 10.1. The van der Waals surface area contributed by atoms with E-state index in [2.05, 4.69) is 5.32 Å². The van der Waals surface area contributed by atoms with Crippen molar-refractivity contribution in [1.29, 1.82) is 0 Å². The highest BCUT2D eigenvalue weighted by Crippen LogP contribution is 2.19. The monoisotopic (exact) mass is 292 g/mol. The molecule has 0 spiro atoms. The van der Waals surface area contributed by atoms with E-state index in [9.17, 15) is 18.9 Å². The van der Waals surface area contributed by atoms with Crippen molar-refractivity contribution in [2.75, 3.05) is 0 Å². The summed E-state index contributed by atoms with van der Waals surface area (Å²) in [5.74, 6) is -1.74. The zero-order valence-electron chi connectivity index (χ0n) is 11.3. The summed E-state index contributed by atoms with van der Waals surface area (Å²) in [5, 5.41) is 13.6. The molecule has 0 heterocycles. The predicted molar refractivity (Wildman–Crippen MR) is 74.7 cm³/mol. The maximum absolute atomic E-state index is 13.6. The first-order valence-corrected chi connectivity index (χ1v) is 6.39. The number of benzene rings is 2. The Morgan fingerprint density at radius 1 is 1.19 bits per heavy atom. The molecule has 2 aromatic carbocycles. The molecule has 21 heavy (non-hydrogen) atoms. The summed E-state index contributed by atoms with van der Waals surface area (Å²) in [4.78, 5) is 10.1. The maximum atomic E-state index is 13.6. The second-order valence-corrected chi connectivity index (χ2v) is 4.67. The van der Waals surface area contributed by atoms with Crippen LogP contribution in [-0.2, 0) is 6.54 Å². The van der Waals surface area contributed by atoms with Crippen LogP contribution in [0, 0.1) is 21.7 Å². The zero-order valence-corrected chi connectivity index (χ0v) is 11.3. The molecule has 0 radical (unpaired) electrons. The molecule has 2 rings (SSSR count). The molecule has 0 aliphatic heterocycles. The molecular formula is C15H14F2N2O2. The molecule has 110 valence electrons. The van der Waals surface area contributed by atoms with E-state index in [4.69, 9.17) is 0 Å². The highest BCUT2D eigenvalue weighted by molar-refractivity contribution is 5.33. The standard InChI is InChI=1S/C15H14F2N2O2/c1-10(13-3-2-4-14(16)15(13)17)18-9-11-5-7-12(8-6-11)19(20)21/h2-8,10,18H,9H2,1H3. The third kappa shape index (κ3) is 3.61. The van der Waals surface area contributed by atoms with E-state index in [0.717, 1.165) is 11.6 Å². The average Bonchev–Trinajstić information content (AvgIpc) is 2.48. The topological polar surface area (TPSA) is 55.2 Å².